The molecule has 1 aliphatic heterocycles. The van der Waals surface area contributed by atoms with Crippen molar-refractivity contribution in [3.8, 4) is 0 Å². The van der Waals surface area contributed by atoms with Crippen molar-refractivity contribution >= 4 is 23.2 Å². The number of benzene rings is 2. The molecule has 4 rings (SSSR count). The van der Waals surface area contributed by atoms with E-state index in [1.165, 1.54) is 10.0 Å². The summed E-state index contributed by atoms with van der Waals surface area (Å²) in [6.45, 7) is 0. The molecule has 1 saturated heterocycles. The van der Waals surface area contributed by atoms with E-state index in [0.717, 1.165) is 0 Å². The number of carbonyl (C=O) groups excluding carboxylic acids is 2. The molecule has 2 N–H and O–H groups in total. The number of nitrogens with two attached hydrogens (primary N) is 1. The zero-order valence-corrected chi connectivity index (χ0v) is 13.7. The molecule has 2 unspecified atom stereocenters. The van der Waals surface area contributed by atoms with Crippen molar-refractivity contribution in [2.45, 2.75) is 18.9 Å². The lowest BCUT2D eigenvalue weighted by Gasteiger charge is -2.43. The minimum atomic E-state index is -0.476. The maximum Gasteiger partial charge on any atom is 0.273 e. The van der Waals surface area contributed by atoms with Crippen molar-refractivity contribution in [1.82, 2.24) is 0 Å². The Hall–Kier alpha value is -2.92. The first kappa shape index (κ1) is 15.6. The van der Waals surface area contributed by atoms with E-state index in [-0.39, 0.29) is 17.9 Å². The molecule has 2 aromatic rings. The molecule has 2 atom stereocenters. The van der Waals surface area contributed by atoms with E-state index in [9.17, 15) is 9.59 Å². The molecular weight excluding hydrogens is 314 g/mol. The van der Waals surface area contributed by atoms with Crippen LogP contribution in [0, 0.1) is 5.92 Å². The number of amides is 2. The van der Waals surface area contributed by atoms with Crippen LogP contribution in [0.5, 0.6) is 0 Å². The maximum absolute atomic E-state index is 13.3. The molecule has 2 aromatic carbocycles. The van der Waals surface area contributed by atoms with Gasteiger partial charge in [-0.05, 0) is 37.1 Å². The Kier molecular flexibility index (Phi) is 3.86. The number of anilines is 2. The quantitative estimate of drug-likeness (QED) is 0.919. The van der Waals surface area contributed by atoms with Gasteiger partial charge >= 0.3 is 0 Å². The van der Waals surface area contributed by atoms with Gasteiger partial charge in [0.25, 0.3) is 11.8 Å². The van der Waals surface area contributed by atoms with Gasteiger partial charge in [0.15, 0.2) is 0 Å². The van der Waals surface area contributed by atoms with Gasteiger partial charge < -0.3 is 5.73 Å². The van der Waals surface area contributed by atoms with Crippen LogP contribution in [0.2, 0.25) is 0 Å². The summed E-state index contributed by atoms with van der Waals surface area (Å²) < 4.78 is 0. The Bertz CT molecular complexity index is 833. The maximum atomic E-state index is 13.3. The molecule has 5 nitrogen and oxygen atoms in total. The fourth-order valence-electron chi connectivity index (χ4n) is 3.49. The Morgan fingerprint density at radius 2 is 1.40 bits per heavy atom. The molecule has 0 saturated carbocycles. The van der Waals surface area contributed by atoms with E-state index in [0.29, 0.717) is 29.8 Å². The highest BCUT2D eigenvalue weighted by Crippen LogP contribution is 2.37. The lowest BCUT2D eigenvalue weighted by Crippen LogP contribution is -2.60. The number of hydrogen-bond donors (Lipinski definition) is 1. The first-order chi connectivity index (χ1) is 12.2. The highest BCUT2D eigenvalue weighted by atomic mass is 16.2. The molecule has 5 heteroatoms. The van der Waals surface area contributed by atoms with Crippen molar-refractivity contribution in [2.24, 2.45) is 11.7 Å². The van der Waals surface area contributed by atoms with Gasteiger partial charge in [-0.15, -0.1) is 0 Å². The van der Waals surface area contributed by atoms with Gasteiger partial charge in [0.1, 0.15) is 0 Å². The molecular formula is C20H19N3O2. The molecule has 0 aromatic heterocycles. The molecule has 0 spiro atoms. The van der Waals surface area contributed by atoms with Gasteiger partial charge in [0, 0.05) is 11.6 Å². The Morgan fingerprint density at radius 3 is 2.00 bits per heavy atom. The van der Waals surface area contributed by atoms with Crippen LogP contribution in [0.3, 0.4) is 0 Å². The predicted octanol–water partition coefficient (Wildman–Crippen LogP) is 2.65. The van der Waals surface area contributed by atoms with Crippen LogP contribution in [0.25, 0.3) is 0 Å². The minimum absolute atomic E-state index is 0.0913. The van der Waals surface area contributed by atoms with Gasteiger partial charge in [-0.1, -0.05) is 42.5 Å². The molecule has 0 bridgehead atoms. The van der Waals surface area contributed by atoms with E-state index < -0.39 is 5.92 Å². The fourth-order valence-corrected chi connectivity index (χ4v) is 3.49. The summed E-state index contributed by atoms with van der Waals surface area (Å²) in [6, 6.07) is 18.4. The number of carbonyl (C=O) groups is 2. The molecule has 1 heterocycles. The Balaban J connectivity index is 1.86. The minimum Gasteiger partial charge on any atom is -0.327 e. The van der Waals surface area contributed by atoms with Crippen molar-refractivity contribution in [3.63, 3.8) is 0 Å². The highest BCUT2D eigenvalue weighted by Gasteiger charge is 2.45. The van der Waals surface area contributed by atoms with Crippen molar-refractivity contribution in [3.05, 3.63) is 72.3 Å². The smallest absolute Gasteiger partial charge is 0.273 e. The van der Waals surface area contributed by atoms with Crippen molar-refractivity contribution in [2.75, 3.05) is 10.0 Å². The predicted molar refractivity (Wildman–Crippen MR) is 96.6 cm³/mol. The molecule has 0 radical (unpaired) electrons. The summed E-state index contributed by atoms with van der Waals surface area (Å²) in [7, 11) is 0. The van der Waals surface area contributed by atoms with Crippen LogP contribution >= 0.6 is 0 Å². The molecule has 2 amide bonds. The lowest BCUT2D eigenvalue weighted by molar-refractivity contribution is -0.128. The van der Waals surface area contributed by atoms with E-state index in [2.05, 4.69) is 0 Å². The van der Waals surface area contributed by atoms with E-state index in [4.69, 9.17) is 5.73 Å². The molecule has 1 fully saturated rings. The second-order valence-corrected chi connectivity index (χ2v) is 6.38. The summed E-state index contributed by atoms with van der Waals surface area (Å²) in [5.41, 5.74) is 7.93. The third kappa shape index (κ3) is 2.62. The SMILES string of the molecule is NC1CC=C2C(=O)N(c3ccccc3)N(c3ccccc3)C(=O)C2C1. The van der Waals surface area contributed by atoms with Crippen molar-refractivity contribution in [1.29, 1.82) is 0 Å². The third-order valence-electron chi connectivity index (χ3n) is 4.70. The molecule has 2 aliphatic rings. The van der Waals surface area contributed by atoms with Crippen LogP contribution in [0.4, 0.5) is 11.4 Å². The standard InChI is InChI=1S/C20H19N3O2/c21-14-11-12-17-18(13-14)20(25)23(16-9-5-2-6-10-16)22(19(17)24)15-7-3-1-4-8-15/h1-10,12,14,18H,11,13,21H2. The van der Waals surface area contributed by atoms with Crippen LogP contribution in [0.1, 0.15) is 12.8 Å². The summed E-state index contributed by atoms with van der Waals surface area (Å²) in [6.07, 6.45) is 2.96. The van der Waals surface area contributed by atoms with Gasteiger partial charge in [0.2, 0.25) is 0 Å². The lowest BCUT2D eigenvalue weighted by atomic mass is 9.82. The van der Waals surface area contributed by atoms with Crippen molar-refractivity contribution < 1.29 is 9.59 Å². The Labute approximate surface area is 146 Å². The summed E-state index contributed by atoms with van der Waals surface area (Å²) in [4.78, 5) is 26.5. The van der Waals surface area contributed by atoms with Crippen LogP contribution in [-0.4, -0.2) is 17.9 Å². The topological polar surface area (TPSA) is 66.6 Å². The number of hydrogen-bond acceptors (Lipinski definition) is 3. The largest absolute Gasteiger partial charge is 0.327 e. The Morgan fingerprint density at radius 1 is 0.840 bits per heavy atom. The summed E-state index contributed by atoms with van der Waals surface area (Å²) in [5.74, 6) is -0.751. The monoisotopic (exact) mass is 333 g/mol. The number of fused-ring (bicyclic) bond motifs is 1. The summed E-state index contributed by atoms with van der Waals surface area (Å²) >= 11 is 0. The first-order valence-corrected chi connectivity index (χ1v) is 8.41. The average Bonchev–Trinajstić information content (AvgIpc) is 2.65. The first-order valence-electron chi connectivity index (χ1n) is 8.41. The van der Waals surface area contributed by atoms with Gasteiger partial charge in [-0.3, -0.25) is 9.59 Å². The van der Waals surface area contributed by atoms with E-state index >= 15 is 0 Å². The van der Waals surface area contributed by atoms with E-state index in [1.807, 2.05) is 66.7 Å². The van der Waals surface area contributed by atoms with Gasteiger partial charge in [0.05, 0.1) is 17.3 Å². The molecule has 126 valence electrons. The zero-order valence-electron chi connectivity index (χ0n) is 13.7. The molecule has 25 heavy (non-hydrogen) atoms. The van der Waals surface area contributed by atoms with Crippen LogP contribution < -0.4 is 15.8 Å². The molecule has 1 aliphatic carbocycles. The number of para-hydroxylation sites is 2. The fraction of sp³-hybridized carbons (Fsp3) is 0.200. The second kappa shape index (κ2) is 6.18. The zero-order chi connectivity index (χ0) is 17.4. The number of rotatable bonds is 2. The number of hydrazine groups is 1. The normalized spacial score (nSPS) is 23.3. The van der Waals surface area contributed by atoms with Gasteiger partial charge in [-0.25, -0.2) is 10.0 Å². The van der Waals surface area contributed by atoms with E-state index in [1.54, 1.807) is 0 Å². The van der Waals surface area contributed by atoms with Gasteiger partial charge in [-0.2, -0.15) is 0 Å². The van der Waals surface area contributed by atoms with Crippen LogP contribution in [-0.2, 0) is 9.59 Å². The number of nitrogens with zero attached hydrogens (tertiary/aromatic N) is 2. The van der Waals surface area contributed by atoms with Crippen LogP contribution in [0.15, 0.2) is 72.3 Å². The summed E-state index contributed by atoms with van der Waals surface area (Å²) in [5, 5.41) is 2.95. The second-order valence-electron chi connectivity index (χ2n) is 6.38. The average molecular weight is 333 g/mol. The third-order valence-corrected chi connectivity index (χ3v) is 4.70. The highest BCUT2D eigenvalue weighted by molar-refractivity contribution is 6.20.